The lowest BCUT2D eigenvalue weighted by Gasteiger charge is -2.17. The van der Waals surface area contributed by atoms with Crippen LogP contribution in [0.2, 0.25) is 0 Å². The molecule has 1 rings (SSSR count). The van der Waals surface area contributed by atoms with Gasteiger partial charge in [0, 0.05) is 12.7 Å². The van der Waals surface area contributed by atoms with Gasteiger partial charge < -0.3 is 9.47 Å². The first kappa shape index (κ1) is 14.0. The Bertz CT molecular complexity index is 312. The highest BCUT2D eigenvalue weighted by molar-refractivity contribution is 5.29. The maximum Gasteiger partial charge on any atom is 0.125 e. The van der Waals surface area contributed by atoms with Gasteiger partial charge in [-0.25, -0.2) is 4.39 Å². The molecule has 1 aliphatic heterocycles. The van der Waals surface area contributed by atoms with Crippen LogP contribution in [-0.2, 0) is 9.47 Å². The minimum atomic E-state index is -0.519. The summed E-state index contributed by atoms with van der Waals surface area (Å²) in [6.45, 7) is 12.4. The summed E-state index contributed by atoms with van der Waals surface area (Å²) in [5.41, 5.74) is 0.779. The summed E-state index contributed by atoms with van der Waals surface area (Å²) in [5, 5.41) is 0. The van der Waals surface area contributed by atoms with Crippen molar-refractivity contribution in [3.63, 3.8) is 0 Å². The van der Waals surface area contributed by atoms with E-state index in [4.69, 9.17) is 9.47 Å². The average Bonchev–Trinajstić information content (AvgIpc) is 2.75. The summed E-state index contributed by atoms with van der Waals surface area (Å²) >= 11 is 0. The Balaban J connectivity index is 2.57. The Morgan fingerprint density at radius 2 is 2.24 bits per heavy atom. The Kier molecular flexibility index (Phi) is 5.42. The Morgan fingerprint density at radius 3 is 2.71 bits per heavy atom. The van der Waals surface area contributed by atoms with Gasteiger partial charge in [-0.3, -0.25) is 0 Å². The molecule has 0 N–H and O–H groups in total. The molecule has 0 aromatic rings. The summed E-state index contributed by atoms with van der Waals surface area (Å²) in [6.07, 6.45) is 3.47. The highest BCUT2D eigenvalue weighted by Gasteiger charge is 2.18. The van der Waals surface area contributed by atoms with Crippen LogP contribution < -0.4 is 0 Å². The van der Waals surface area contributed by atoms with Crippen LogP contribution in [0.25, 0.3) is 0 Å². The molecule has 1 atom stereocenters. The predicted molar refractivity (Wildman–Crippen MR) is 67.2 cm³/mol. The summed E-state index contributed by atoms with van der Waals surface area (Å²) in [6, 6.07) is 0. The molecule has 1 saturated heterocycles. The van der Waals surface area contributed by atoms with Crippen LogP contribution in [0.5, 0.6) is 0 Å². The maximum atomic E-state index is 12.9. The van der Waals surface area contributed by atoms with Gasteiger partial charge in [-0.2, -0.15) is 0 Å². The first-order chi connectivity index (χ1) is 8.00. The molecular formula is C14H21FO2. The third kappa shape index (κ3) is 4.73. The standard InChI is InChI=1S/C14H21FO2/c1-10(2)12(4)14(8-11(3)15)17-9-13-6-5-7-16-13/h8,10,13H,3-7,9H2,1-2H3/b14-8+. The van der Waals surface area contributed by atoms with Crippen molar-refractivity contribution in [3.8, 4) is 0 Å². The van der Waals surface area contributed by atoms with Crippen LogP contribution in [0.1, 0.15) is 26.7 Å². The van der Waals surface area contributed by atoms with Crippen molar-refractivity contribution in [3.05, 3.63) is 36.4 Å². The fraction of sp³-hybridized carbons (Fsp3) is 0.571. The van der Waals surface area contributed by atoms with Crippen molar-refractivity contribution >= 4 is 0 Å². The van der Waals surface area contributed by atoms with Gasteiger partial charge in [0.25, 0.3) is 0 Å². The fourth-order valence-corrected chi connectivity index (χ4v) is 1.61. The van der Waals surface area contributed by atoms with Gasteiger partial charge in [-0.05, 0) is 24.3 Å². The van der Waals surface area contributed by atoms with Gasteiger partial charge >= 0.3 is 0 Å². The topological polar surface area (TPSA) is 18.5 Å². The number of ether oxygens (including phenoxy) is 2. The molecule has 0 amide bonds. The zero-order valence-electron chi connectivity index (χ0n) is 10.7. The fourth-order valence-electron chi connectivity index (χ4n) is 1.61. The van der Waals surface area contributed by atoms with Crippen LogP contribution in [-0.4, -0.2) is 19.3 Å². The quantitative estimate of drug-likeness (QED) is 0.520. The number of rotatable bonds is 6. The summed E-state index contributed by atoms with van der Waals surface area (Å²) in [4.78, 5) is 0. The number of hydrogen-bond acceptors (Lipinski definition) is 2. The molecule has 1 heterocycles. The zero-order valence-corrected chi connectivity index (χ0v) is 10.7. The van der Waals surface area contributed by atoms with E-state index in [9.17, 15) is 4.39 Å². The van der Waals surface area contributed by atoms with Gasteiger partial charge in [0.1, 0.15) is 18.2 Å². The molecule has 1 fully saturated rings. The lowest BCUT2D eigenvalue weighted by atomic mass is 10.0. The molecule has 0 saturated carbocycles. The minimum Gasteiger partial charge on any atom is -0.491 e. The van der Waals surface area contributed by atoms with Gasteiger partial charge in [0.15, 0.2) is 0 Å². The first-order valence-electron chi connectivity index (χ1n) is 6.00. The van der Waals surface area contributed by atoms with E-state index in [1.54, 1.807) is 0 Å². The maximum absolute atomic E-state index is 12.9. The lowest BCUT2D eigenvalue weighted by molar-refractivity contribution is 0.0443. The molecule has 17 heavy (non-hydrogen) atoms. The molecule has 1 aliphatic rings. The van der Waals surface area contributed by atoms with Crippen molar-refractivity contribution in [1.82, 2.24) is 0 Å². The van der Waals surface area contributed by atoms with Crippen LogP contribution in [0, 0.1) is 5.92 Å². The highest BCUT2D eigenvalue weighted by Crippen LogP contribution is 2.22. The summed E-state index contributed by atoms with van der Waals surface area (Å²) < 4.78 is 23.9. The van der Waals surface area contributed by atoms with Crippen molar-refractivity contribution in [2.24, 2.45) is 5.92 Å². The van der Waals surface area contributed by atoms with Crippen LogP contribution in [0.4, 0.5) is 4.39 Å². The van der Waals surface area contributed by atoms with E-state index in [-0.39, 0.29) is 12.0 Å². The molecule has 2 nitrogen and oxygen atoms in total. The lowest BCUT2D eigenvalue weighted by Crippen LogP contribution is -2.15. The van der Waals surface area contributed by atoms with Crippen molar-refractivity contribution in [2.45, 2.75) is 32.8 Å². The van der Waals surface area contributed by atoms with Gasteiger partial charge in [0.05, 0.1) is 6.10 Å². The zero-order chi connectivity index (χ0) is 12.8. The molecule has 0 aromatic carbocycles. The molecule has 1 unspecified atom stereocenters. The first-order valence-corrected chi connectivity index (χ1v) is 6.00. The summed E-state index contributed by atoms with van der Waals surface area (Å²) in [7, 11) is 0. The van der Waals surface area contributed by atoms with Crippen molar-refractivity contribution < 1.29 is 13.9 Å². The number of halogens is 1. The van der Waals surface area contributed by atoms with E-state index in [2.05, 4.69) is 13.2 Å². The minimum absolute atomic E-state index is 0.117. The molecule has 0 bridgehead atoms. The second-order valence-electron chi connectivity index (χ2n) is 4.58. The average molecular weight is 240 g/mol. The van der Waals surface area contributed by atoms with Crippen molar-refractivity contribution in [1.29, 1.82) is 0 Å². The van der Waals surface area contributed by atoms with E-state index in [1.165, 1.54) is 6.08 Å². The molecule has 96 valence electrons. The predicted octanol–water partition coefficient (Wildman–Crippen LogP) is 3.76. The highest BCUT2D eigenvalue weighted by atomic mass is 19.1. The molecule has 0 aliphatic carbocycles. The Hall–Kier alpha value is -1.09. The second-order valence-corrected chi connectivity index (χ2v) is 4.58. The normalized spacial score (nSPS) is 20.7. The van der Waals surface area contributed by atoms with Crippen LogP contribution >= 0.6 is 0 Å². The van der Waals surface area contributed by atoms with Gasteiger partial charge in [-0.1, -0.05) is 27.0 Å². The monoisotopic (exact) mass is 240 g/mol. The molecule has 3 heteroatoms. The molecule has 0 radical (unpaired) electrons. The molecule has 0 spiro atoms. The summed E-state index contributed by atoms with van der Waals surface area (Å²) in [5.74, 6) is 0.169. The third-order valence-electron chi connectivity index (χ3n) is 2.75. The smallest absolute Gasteiger partial charge is 0.125 e. The Morgan fingerprint density at radius 1 is 1.53 bits per heavy atom. The largest absolute Gasteiger partial charge is 0.491 e. The van der Waals surface area contributed by atoms with Crippen LogP contribution in [0.3, 0.4) is 0 Å². The van der Waals surface area contributed by atoms with Gasteiger partial charge in [-0.15, -0.1) is 0 Å². The number of allylic oxidation sites excluding steroid dienone is 3. The molecule has 0 aromatic heterocycles. The second kappa shape index (κ2) is 6.60. The Labute approximate surface area is 103 Å². The van der Waals surface area contributed by atoms with Crippen molar-refractivity contribution in [2.75, 3.05) is 13.2 Å². The van der Waals surface area contributed by atoms with E-state index >= 15 is 0 Å². The SMILES string of the molecule is C=C(F)/C=C(/OCC1CCCO1)C(=C)C(C)C. The van der Waals surface area contributed by atoms with Crippen LogP contribution in [0.15, 0.2) is 36.4 Å². The molecular weight excluding hydrogens is 219 g/mol. The van der Waals surface area contributed by atoms with E-state index in [0.29, 0.717) is 12.4 Å². The van der Waals surface area contributed by atoms with E-state index in [0.717, 1.165) is 25.0 Å². The van der Waals surface area contributed by atoms with E-state index in [1.807, 2.05) is 13.8 Å². The van der Waals surface area contributed by atoms with Gasteiger partial charge in [0.2, 0.25) is 0 Å². The number of hydrogen-bond donors (Lipinski definition) is 0. The third-order valence-corrected chi connectivity index (χ3v) is 2.75. The van der Waals surface area contributed by atoms with E-state index < -0.39 is 5.83 Å².